The lowest BCUT2D eigenvalue weighted by atomic mass is 10.0. The monoisotopic (exact) mass is 338 g/mol. The van der Waals surface area contributed by atoms with Gasteiger partial charge in [0.15, 0.2) is 0 Å². The smallest absolute Gasteiger partial charge is 0.325 e. The third-order valence-corrected chi connectivity index (χ3v) is 4.69. The molecule has 0 unspecified atom stereocenters. The zero-order valence-electron chi connectivity index (χ0n) is 13.2. The maximum absolute atomic E-state index is 13.6. The first-order chi connectivity index (χ1) is 10.9. The molecule has 2 rings (SSSR count). The first-order valence-corrected chi connectivity index (χ1v) is 7.97. The van der Waals surface area contributed by atoms with Gasteiger partial charge < -0.3 is 9.84 Å². The molecular formula is C16H19FN2O3S. The van der Waals surface area contributed by atoms with E-state index < -0.39 is 17.8 Å². The Morgan fingerprint density at radius 2 is 2.26 bits per heavy atom. The van der Waals surface area contributed by atoms with Gasteiger partial charge in [0.05, 0.1) is 18.3 Å². The average Bonchev–Trinajstić information content (AvgIpc) is 2.90. The van der Waals surface area contributed by atoms with Gasteiger partial charge in [-0.3, -0.25) is 9.69 Å². The van der Waals surface area contributed by atoms with E-state index in [-0.39, 0.29) is 0 Å². The van der Waals surface area contributed by atoms with Crippen LogP contribution in [0.4, 0.5) is 4.39 Å². The average molecular weight is 338 g/mol. The number of nitrogens with zero attached hydrogens (tertiary/aromatic N) is 2. The molecule has 0 saturated heterocycles. The van der Waals surface area contributed by atoms with E-state index in [2.05, 4.69) is 4.98 Å². The molecule has 0 saturated carbocycles. The number of methoxy groups -OCH3 is 1. The molecule has 124 valence electrons. The van der Waals surface area contributed by atoms with Gasteiger partial charge in [-0.25, -0.2) is 9.37 Å². The third-order valence-electron chi connectivity index (χ3n) is 3.70. The fourth-order valence-corrected chi connectivity index (χ4v) is 3.22. The van der Waals surface area contributed by atoms with E-state index in [1.54, 1.807) is 28.8 Å². The Balaban J connectivity index is 2.22. The van der Waals surface area contributed by atoms with Crippen LogP contribution >= 0.6 is 11.3 Å². The molecule has 2 aromatic rings. The normalized spacial score (nSPS) is 12.4. The molecule has 0 amide bonds. The van der Waals surface area contributed by atoms with E-state index in [0.717, 1.165) is 10.6 Å². The standard InChI is InChI=1S/C16H19FN2O3S/c1-10-14(23-9-18-10)6-7-19(2)15(16(20)21)12-8-11(17)4-5-13(12)22-3/h4-5,8-9,15H,6-7H2,1-3H3,(H,20,21)/t15-/m1/s1. The molecule has 0 bridgehead atoms. The first kappa shape index (κ1) is 17.4. The lowest BCUT2D eigenvalue weighted by Crippen LogP contribution is -2.32. The number of thiazole rings is 1. The summed E-state index contributed by atoms with van der Waals surface area (Å²) >= 11 is 1.55. The highest BCUT2D eigenvalue weighted by Crippen LogP contribution is 2.30. The van der Waals surface area contributed by atoms with E-state index >= 15 is 0 Å². The Labute approximate surface area is 138 Å². The Bertz CT molecular complexity index is 690. The summed E-state index contributed by atoms with van der Waals surface area (Å²) in [4.78, 5) is 18.7. The van der Waals surface area contributed by atoms with Crippen molar-refractivity contribution in [2.75, 3.05) is 20.7 Å². The number of carboxylic acids is 1. The number of ether oxygens (including phenoxy) is 1. The second-order valence-electron chi connectivity index (χ2n) is 5.22. The Hall–Kier alpha value is -1.99. The van der Waals surface area contributed by atoms with E-state index in [9.17, 15) is 14.3 Å². The van der Waals surface area contributed by atoms with Gasteiger partial charge in [0.25, 0.3) is 0 Å². The summed E-state index contributed by atoms with van der Waals surface area (Å²) in [6.07, 6.45) is 0.689. The van der Waals surface area contributed by atoms with Crippen LogP contribution in [-0.2, 0) is 11.2 Å². The van der Waals surface area contributed by atoms with Crippen LogP contribution in [0.1, 0.15) is 22.2 Å². The van der Waals surface area contributed by atoms with Crippen molar-refractivity contribution in [3.05, 3.63) is 45.7 Å². The van der Waals surface area contributed by atoms with Gasteiger partial charge in [-0.05, 0) is 38.6 Å². The number of carboxylic acid groups (broad SMARTS) is 1. The van der Waals surface area contributed by atoms with E-state index in [1.807, 2.05) is 6.92 Å². The number of rotatable bonds is 7. The maximum Gasteiger partial charge on any atom is 0.325 e. The summed E-state index contributed by atoms with van der Waals surface area (Å²) in [5.41, 5.74) is 3.04. The Morgan fingerprint density at radius 3 is 2.83 bits per heavy atom. The predicted molar refractivity (Wildman–Crippen MR) is 86.5 cm³/mol. The van der Waals surface area contributed by atoms with Crippen molar-refractivity contribution in [3.8, 4) is 5.75 Å². The predicted octanol–water partition coefficient (Wildman–Crippen LogP) is 2.90. The van der Waals surface area contributed by atoms with Gasteiger partial charge in [-0.15, -0.1) is 11.3 Å². The van der Waals surface area contributed by atoms with Crippen LogP contribution in [0.5, 0.6) is 5.75 Å². The van der Waals surface area contributed by atoms with Crippen molar-refractivity contribution in [3.63, 3.8) is 0 Å². The Kier molecular flexibility index (Phi) is 5.68. The van der Waals surface area contributed by atoms with Crippen molar-refractivity contribution in [2.24, 2.45) is 0 Å². The topological polar surface area (TPSA) is 62.7 Å². The van der Waals surface area contributed by atoms with E-state index in [1.165, 1.54) is 25.3 Å². The minimum absolute atomic E-state index is 0.309. The van der Waals surface area contributed by atoms with Crippen LogP contribution in [0.3, 0.4) is 0 Å². The summed E-state index contributed by atoms with van der Waals surface area (Å²) in [6, 6.07) is 2.93. The van der Waals surface area contributed by atoms with Crippen LogP contribution in [0, 0.1) is 12.7 Å². The highest BCUT2D eigenvalue weighted by atomic mass is 32.1. The minimum Gasteiger partial charge on any atom is -0.496 e. The van der Waals surface area contributed by atoms with Gasteiger partial charge >= 0.3 is 5.97 Å². The molecule has 1 N–H and O–H groups in total. The second kappa shape index (κ2) is 7.52. The molecule has 1 aromatic carbocycles. The van der Waals surface area contributed by atoms with E-state index in [4.69, 9.17) is 4.74 Å². The molecule has 0 aliphatic carbocycles. The molecule has 23 heavy (non-hydrogen) atoms. The van der Waals surface area contributed by atoms with Crippen molar-refractivity contribution >= 4 is 17.3 Å². The van der Waals surface area contributed by atoms with Gasteiger partial charge in [0, 0.05) is 17.0 Å². The maximum atomic E-state index is 13.6. The molecule has 0 radical (unpaired) electrons. The van der Waals surface area contributed by atoms with Gasteiger partial charge in [0.1, 0.15) is 17.6 Å². The molecule has 1 heterocycles. The number of benzene rings is 1. The van der Waals surface area contributed by atoms with E-state index in [0.29, 0.717) is 24.3 Å². The molecule has 0 aliphatic rings. The molecule has 7 heteroatoms. The molecular weight excluding hydrogens is 319 g/mol. The molecule has 1 aromatic heterocycles. The van der Waals surface area contributed by atoms with Crippen LogP contribution in [-0.4, -0.2) is 41.7 Å². The fraction of sp³-hybridized carbons (Fsp3) is 0.375. The van der Waals surface area contributed by atoms with Gasteiger partial charge in [-0.1, -0.05) is 0 Å². The third kappa shape index (κ3) is 4.05. The Morgan fingerprint density at radius 1 is 1.52 bits per heavy atom. The quantitative estimate of drug-likeness (QED) is 0.841. The number of hydrogen-bond donors (Lipinski definition) is 1. The largest absolute Gasteiger partial charge is 0.496 e. The first-order valence-electron chi connectivity index (χ1n) is 7.09. The summed E-state index contributed by atoms with van der Waals surface area (Å²) in [5, 5.41) is 9.59. The molecule has 0 spiro atoms. The number of aromatic nitrogens is 1. The summed E-state index contributed by atoms with van der Waals surface area (Å²) in [6.45, 7) is 2.44. The highest BCUT2D eigenvalue weighted by molar-refractivity contribution is 7.09. The lowest BCUT2D eigenvalue weighted by Gasteiger charge is -2.26. The minimum atomic E-state index is -1.04. The fourth-order valence-electron chi connectivity index (χ4n) is 2.45. The van der Waals surface area contributed by atoms with Crippen LogP contribution < -0.4 is 4.74 Å². The van der Waals surface area contributed by atoms with Gasteiger partial charge in [-0.2, -0.15) is 0 Å². The van der Waals surface area contributed by atoms with Gasteiger partial charge in [0.2, 0.25) is 0 Å². The van der Waals surface area contributed by atoms with Crippen molar-refractivity contribution < 1.29 is 19.0 Å². The number of hydrogen-bond acceptors (Lipinski definition) is 5. The zero-order chi connectivity index (χ0) is 17.0. The summed E-state index contributed by atoms with van der Waals surface area (Å²) in [5.74, 6) is -1.17. The highest BCUT2D eigenvalue weighted by Gasteiger charge is 2.28. The number of aryl methyl sites for hydroxylation is 1. The van der Waals surface area contributed by atoms with Crippen LogP contribution in [0.25, 0.3) is 0 Å². The van der Waals surface area contributed by atoms with Crippen molar-refractivity contribution in [1.82, 2.24) is 9.88 Å². The van der Waals surface area contributed by atoms with Crippen LogP contribution in [0.15, 0.2) is 23.7 Å². The number of halogens is 1. The number of aliphatic carboxylic acids is 1. The SMILES string of the molecule is COc1ccc(F)cc1[C@H](C(=O)O)N(C)CCc1scnc1C. The summed E-state index contributed by atoms with van der Waals surface area (Å²) in [7, 11) is 3.15. The molecule has 0 aliphatic heterocycles. The van der Waals surface area contributed by atoms with Crippen LogP contribution in [0.2, 0.25) is 0 Å². The van der Waals surface area contributed by atoms with Crippen molar-refractivity contribution in [1.29, 1.82) is 0 Å². The second-order valence-corrected chi connectivity index (χ2v) is 6.16. The molecule has 1 atom stereocenters. The summed E-state index contributed by atoms with van der Waals surface area (Å²) < 4.78 is 18.7. The number of likely N-dealkylation sites (N-methyl/N-ethyl adjacent to an activating group) is 1. The number of carbonyl (C=O) groups is 1. The van der Waals surface area contributed by atoms with Crippen molar-refractivity contribution in [2.45, 2.75) is 19.4 Å². The zero-order valence-corrected chi connectivity index (χ0v) is 14.1. The molecule has 0 fully saturated rings. The lowest BCUT2D eigenvalue weighted by molar-refractivity contribution is -0.143. The molecule has 5 nitrogen and oxygen atoms in total.